The number of hydrogen-bond donors (Lipinski definition) is 0. The summed E-state index contributed by atoms with van der Waals surface area (Å²) in [6.45, 7) is 13.4. The molecule has 0 fully saturated rings. The molecule has 0 amide bonds. The summed E-state index contributed by atoms with van der Waals surface area (Å²) in [6.07, 6.45) is 3.74. The normalized spacial score (nSPS) is 12.7. The molecule has 10 aromatic rings. The van der Waals surface area contributed by atoms with Crippen molar-refractivity contribution in [2.24, 2.45) is 0 Å². The molecule has 0 aliphatic heterocycles. The van der Waals surface area contributed by atoms with Crippen molar-refractivity contribution in [1.82, 2.24) is 14.4 Å². The molecule has 52 heavy (non-hydrogen) atoms. The summed E-state index contributed by atoms with van der Waals surface area (Å²) >= 11 is 0. The molecule has 0 aliphatic carbocycles. The van der Waals surface area contributed by atoms with Gasteiger partial charge in [0.1, 0.15) is 17.4 Å². The van der Waals surface area contributed by atoms with Crippen molar-refractivity contribution in [3.05, 3.63) is 127 Å². The number of imidazole rings is 1. The summed E-state index contributed by atoms with van der Waals surface area (Å²) in [6, 6.07) is 39.4. The Balaban J connectivity index is 0.00000360. The minimum atomic E-state index is -0.143. The Morgan fingerprint density at radius 3 is 2.23 bits per heavy atom. The maximum absolute atomic E-state index is 6.54. The van der Waals surface area contributed by atoms with Crippen molar-refractivity contribution in [3.63, 3.8) is 0 Å². The predicted molar refractivity (Wildman–Crippen MR) is 208 cm³/mol. The molecule has 5 aromatic carbocycles. The van der Waals surface area contributed by atoms with E-state index >= 15 is 0 Å². The van der Waals surface area contributed by atoms with E-state index in [0.717, 1.165) is 99.6 Å². The first-order valence-electron chi connectivity index (χ1n) is 17.5. The van der Waals surface area contributed by atoms with Crippen LogP contribution in [-0.4, -0.2) is 14.4 Å². The minimum absolute atomic E-state index is 0. The first kappa shape index (κ1) is 32.6. The number of furan rings is 2. The standard InChI is InChI=1S/C46H35N3O2.Pt/c1-45(2,3)30-20-28(19-29(21-30)34-22-27(17-18-47-34)26-11-8-7-9-12-26)32-13-10-14-35-43(32)48-44-33-23-31(46(4,5)6)24-39-40(33)42-38(51-39)16-15-37-41(42)36(25-50-37)49(35)44;/h7-18,20-22,24-25H,1-6H3;/q-2;+2. The van der Waals surface area contributed by atoms with Crippen LogP contribution in [-0.2, 0) is 31.9 Å². The molecule has 0 bridgehead atoms. The van der Waals surface area contributed by atoms with E-state index in [-0.39, 0.29) is 31.9 Å². The molecule has 256 valence electrons. The number of nitrogens with zero attached hydrogens (tertiary/aromatic N) is 3. The van der Waals surface area contributed by atoms with E-state index in [1.165, 1.54) is 5.56 Å². The number of fused-ring (bicyclic) bond motifs is 5. The summed E-state index contributed by atoms with van der Waals surface area (Å²) in [5.74, 6) is 0. The van der Waals surface area contributed by atoms with Gasteiger partial charge in [-0.25, -0.2) is 0 Å². The minimum Gasteiger partial charge on any atom is -0.476 e. The number of aromatic nitrogens is 3. The Labute approximate surface area is 315 Å². The van der Waals surface area contributed by atoms with Gasteiger partial charge in [0.15, 0.2) is 0 Å². The van der Waals surface area contributed by atoms with Crippen LogP contribution >= 0.6 is 0 Å². The molecular formula is C46H35N3O2Pt. The van der Waals surface area contributed by atoms with Gasteiger partial charge in [-0.2, -0.15) is 0 Å². The molecular weight excluding hydrogens is 822 g/mol. The SMILES string of the molecule is CC(C)(C)c1[c-]c2c3c(c1)oc1ccc4occ(c4c13)n1c3cccc(-c4[c-]c(-c5cc(-c6ccccc6)ccn5)cc(C(C)(C)C)c4)c3nc21.[Pt+2]. The van der Waals surface area contributed by atoms with Crippen molar-refractivity contribution < 1.29 is 29.9 Å². The second-order valence-electron chi connectivity index (χ2n) is 15.8. The van der Waals surface area contributed by atoms with Gasteiger partial charge in [-0.15, -0.1) is 41.0 Å². The fourth-order valence-corrected chi connectivity index (χ4v) is 7.57. The molecule has 10 rings (SSSR count). The molecule has 0 saturated heterocycles. The zero-order valence-electron chi connectivity index (χ0n) is 29.8. The van der Waals surface area contributed by atoms with Crippen LogP contribution < -0.4 is 0 Å². The summed E-state index contributed by atoms with van der Waals surface area (Å²) in [5.41, 5.74) is 14.3. The van der Waals surface area contributed by atoms with E-state index in [0.29, 0.717) is 0 Å². The van der Waals surface area contributed by atoms with Crippen LogP contribution in [0, 0.1) is 12.1 Å². The van der Waals surface area contributed by atoms with Crippen LogP contribution in [0.4, 0.5) is 0 Å². The zero-order valence-corrected chi connectivity index (χ0v) is 32.1. The van der Waals surface area contributed by atoms with Gasteiger partial charge in [-0.1, -0.05) is 118 Å². The van der Waals surface area contributed by atoms with Gasteiger partial charge in [0.25, 0.3) is 0 Å². The van der Waals surface area contributed by atoms with Crippen LogP contribution in [0.2, 0.25) is 0 Å². The van der Waals surface area contributed by atoms with Gasteiger partial charge in [0.05, 0.1) is 27.8 Å². The smallest absolute Gasteiger partial charge is 0.476 e. The van der Waals surface area contributed by atoms with Crippen molar-refractivity contribution in [2.45, 2.75) is 52.4 Å². The Bertz CT molecular complexity index is 2990. The van der Waals surface area contributed by atoms with Crippen molar-refractivity contribution in [3.8, 4) is 33.5 Å². The van der Waals surface area contributed by atoms with Crippen LogP contribution in [0.15, 0.2) is 112 Å². The Hall–Kier alpha value is -5.25. The summed E-state index contributed by atoms with van der Waals surface area (Å²) in [5, 5.41) is 4.04. The monoisotopic (exact) mass is 856 g/mol. The molecule has 6 heteroatoms. The second-order valence-corrected chi connectivity index (χ2v) is 15.8. The third-order valence-corrected chi connectivity index (χ3v) is 10.3. The summed E-state index contributed by atoms with van der Waals surface area (Å²) < 4.78 is 15.0. The number of hydrogen-bond acceptors (Lipinski definition) is 4. The van der Waals surface area contributed by atoms with Gasteiger partial charge in [0.2, 0.25) is 0 Å². The Morgan fingerprint density at radius 2 is 1.44 bits per heavy atom. The molecule has 0 atom stereocenters. The maximum atomic E-state index is 6.54. The second kappa shape index (κ2) is 11.4. The van der Waals surface area contributed by atoms with Crippen molar-refractivity contribution in [1.29, 1.82) is 0 Å². The molecule has 0 radical (unpaired) electrons. The third kappa shape index (κ3) is 4.86. The van der Waals surface area contributed by atoms with Gasteiger partial charge < -0.3 is 13.2 Å². The van der Waals surface area contributed by atoms with Crippen LogP contribution in [0.25, 0.3) is 94.0 Å². The van der Waals surface area contributed by atoms with E-state index < -0.39 is 0 Å². The molecule has 0 saturated carbocycles. The molecule has 0 unspecified atom stereocenters. The van der Waals surface area contributed by atoms with Gasteiger partial charge in [-0.05, 0) is 51.6 Å². The van der Waals surface area contributed by atoms with E-state index in [4.69, 9.17) is 18.8 Å². The zero-order chi connectivity index (χ0) is 34.8. The fourth-order valence-electron chi connectivity index (χ4n) is 7.57. The number of para-hydroxylation sites is 1. The first-order chi connectivity index (χ1) is 24.5. The number of rotatable bonds is 3. The maximum Gasteiger partial charge on any atom is 2.00 e. The van der Waals surface area contributed by atoms with Crippen LogP contribution in [0.1, 0.15) is 52.7 Å². The molecule has 5 heterocycles. The summed E-state index contributed by atoms with van der Waals surface area (Å²) in [4.78, 5) is 10.4. The van der Waals surface area contributed by atoms with Crippen molar-refractivity contribution >= 4 is 60.5 Å². The van der Waals surface area contributed by atoms with E-state index in [2.05, 4.69) is 131 Å². The van der Waals surface area contributed by atoms with E-state index in [1.807, 2.05) is 30.7 Å². The van der Waals surface area contributed by atoms with Crippen LogP contribution in [0.3, 0.4) is 0 Å². The molecule has 0 N–H and O–H groups in total. The van der Waals surface area contributed by atoms with Gasteiger partial charge in [0, 0.05) is 17.3 Å². The number of pyridine rings is 1. The third-order valence-electron chi connectivity index (χ3n) is 10.3. The average Bonchev–Trinajstić information content (AvgIpc) is 3.81. The largest absolute Gasteiger partial charge is 2.00 e. The topological polar surface area (TPSA) is 56.5 Å². The molecule has 5 nitrogen and oxygen atoms in total. The quantitative estimate of drug-likeness (QED) is 0.166. The van der Waals surface area contributed by atoms with E-state index in [9.17, 15) is 0 Å². The average molecular weight is 857 g/mol. The van der Waals surface area contributed by atoms with Crippen molar-refractivity contribution in [2.75, 3.05) is 0 Å². The predicted octanol–water partition coefficient (Wildman–Crippen LogP) is 12.3. The van der Waals surface area contributed by atoms with Gasteiger partial charge in [-0.3, -0.25) is 9.97 Å². The summed E-state index contributed by atoms with van der Waals surface area (Å²) in [7, 11) is 0. The fraction of sp³-hybridized carbons (Fsp3) is 0.174. The first-order valence-corrected chi connectivity index (χ1v) is 17.5. The van der Waals surface area contributed by atoms with E-state index in [1.54, 1.807) is 0 Å². The number of benzene rings is 5. The van der Waals surface area contributed by atoms with Gasteiger partial charge >= 0.3 is 21.1 Å². The Kier molecular flexibility index (Phi) is 7.14. The Morgan fingerprint density at radius 1 is 0.654 bits per heavy atom. The molecule has 0 spiro atoms. The molecule has 0 aliphatic rings. The van der Waals surface area contributed by atoms with Crippen LogP contribution in [0.5, 0.6) is 0 Å². The molecule has 5 aromatic heterocycles.